The minimum Gasteiger partial charge on any atom is -0.358 e. The van der Waals surface area contributed by atoms with Gasteiger partial charge in [-0.3, -0.25) is 0 Å². The van der Waals surface area contributed by atoms with Gasteiger partial charge in [-0.15, -0.1) is 0 Å². The Kier molecular flexibility index (Phi) is 136. The fraction of sp³-hybridized carbons (Fsp3) is 0.625. The molecule has 10 heavy (non-hydrogen) atoms. The molecule has 0 aromatic heterocycles. The minimum atomic E-state index is 0. The molecule has 0 aliphatic carbocycles. The molecular formula is C8H21VW-. The van der Waals surface area contributed by atoms with E-state index < -0.39 is 0 Å². The first-order chi connectivity index (χ1) is 2.27. The van der Waals surface area contributed by atoms with Crippen LogP contribution in [0.25, 0.3) is 0 Å². The minimum absolute atomic E-state index is 0. The van der Waals surface area contributed by atoms with Crippen molar-refractivity contribution >= 4 is 0 Å². The van der Waals surface area contributed by atoms with Crippen LogP contribution in [0.3, 0.4) is 0 Å². The average Bonchev–Trinajstić information content (AvgIpc) is 1.38. The first-order valence-corrected chi connectivity index (χ1v) is 2.27. The molecule has 0 amide bonds. The maximum Gasteiger partial charge on any atom is 2.00 e. The van der Waals surface area contributed by atoms with E-state index in [9.17, 15) is 0 Å². The zero-order valence-electron chi connectivity index (χ0n) is 8.14. The quantitative estimate of drug-likeness (QED) is 0.635. The van der Waals surface area contributed by atoms with Gasteiger partial charge in [0, 0.05) is 21.1 Å². The van der Waals surface area contributed by atoms with E-state index in [0.29, 0.717) is 0 Å². The molecule has 0 rings (SSSR count). The Morgan fingerprint density at radius 3 is 1.10 bits per heavy atom. The van der Waals surface area contributed by atoms with E-state index in [1.807, 2.05) is 0 Å². The van der Waals surface area contributed by atoms with Crippen molar-refractivity contribution in [1.82, 2.24) is 0 Å². The first kappa shape index (κ1) is 42.8. The third-order valence-corrected chi connectivity index (χ3v) is 0.816. The molecule has 0 spiro atoms. The van der Waals surface area contributed by atoms with Crippen molar-refractivity contribution < 1.29 is 39.6 Å². The Bertz CT molecular complexity index is 23.2. The molecule has 0 nitrogen and oxygen atoms in total. The number of hydrogen-bond acceptors (Lipinski definition) is 0. The van der Waals surface area contributed by atoms with Gasteiger partial charge in [-0.25, -0.2) is 0 Å². The summed E-state index contributed by atoms with van der Waals surface area (Å²) in [5, 5.41) is 0. The predicted molar refractivity (Wildman–Crippen MR) is 44.4 cm³/mol. The van der Waals surface area contributed by atoms with E-state index in [-0.39, 0.29) is 61.9 Å². The van der Waals surface area contributed by atoms with Crippen LogP contribution < -0.4 is 0 Å². The molecule has 0 aromatic carbocycles. The predicted octanol–water partition coefficient (Wildman–Crippen LogP) is 3.40. The molecule has 0 N–H and O–H groups in total. The Hall–Kier alpha value is 1.27. The SMILES string of the molecule is CCC(C)C.[CH3-].[CH3-].[CH3-].[V+2].[W]. The molecule has 0 bridgehead atoms. The van der Waals surface area contributed by atoms with Gasteiger partial charge in [0.1, 0.15) is 0 Å². The molecule has 0 saturated heterocycles. The molecule has 0 atom stereocenters. The van der Waals surface area contributed by atoms with Gasteiger partial charge in [0.15, 0.2) is 0 Å². The Morgan fingerprint density at radius 2 is 1.10 bits per heavy atom. The number of hydrogen-bond donors (Lipinski definition) is 0. The van der Waals surface area contributed by atoms with Gasteiger partial charge in [0.05, 0.1) is 0 Å². The van der Waals surface area contributed by atoms with Gasteiger partial charge in [0.2, 0.25) is 0 Å². The molecule has 65 valence electrons. The third kappa shape index (κ3) is 59.2. The molecule has 0 fully saturated rings. The second-order valence-electron chi connectivity index (χ2n) is 1.80. The van der Waals surface area contributed by atoms with E-state index >= 15 is 0 Å². The Balaban J connectivity index is -0.00000000800. The maximum absolute atomic E-state index is 2.22. The first-order valence-electron chi connectivity index (χ1n) is 2.27. The van der Waals surface area contributed by atoms with Crippen LogP contribution in [0.1, 0.15) is 27.2 Å². The van der Waals surface area contributed by atoms with Crippen LogP contribution in [0.4, 0.5) is 0 Å². The molecule has 0 saturated carbocycles. The fourth-order valence-electron chi connectivity index (χ4n) is 0. The Morgan fingerprint density at radius 1 is 1.00 bits per heavy atom. The van der Waals surface area contributed by atoms with Crippen LogP contribution in [-0.2, 0) is 39.6 Å². The second kappa shape index (κ2) is 31.8. The van der Waals surface area contributed by atoms with E-state index in [4.69, 9.17) is 0 Å². The fourth-order valence-corrected chi connectivity index (χ4v) is 0. The van der Waals surface area contributed by atoms with Gasteiger partial charge in [-0.2, -0.15) is 0 Å². The zero-order chi connectivity index (χ0) is 4.28. The van der Waals surface area contributed by atoms with Gasteiger partial charge in [-0.05, 0) is 5.92 Å². The average molecular weight is 352 g/mol. The third-order valence-electron chi connectivity index (χ3n) is 0.816. The molecule has 0 aliphatic rings. The largest absolute Gasteiger partial charge is 2.00 e. The molecule has 0 unspecified atom stereocenters. The zero-order valence-corrected chi connectivity index (χ0v) is 12.5. The van der Waals surface area contributed by atoms with E-state index in [1.54, 1.807) is 0 Å². The van der Waals surface area contributed by atoms with Gasteiger partial charge >= 0.3 is 18.6 Å². The van der Waals surface area contributed by atoms with Crippen molar-refractivity contribution in [2.75, 3.05) is 0 Å². The summed E-state index contributed by atoms with van der Waals surface area (Å²) in [5.41, 5.74) is 0. The summed E-state index contributed by atoms with van der Waals surface area (Å²) in [6.07, 6.45) is 1.31. The summed E-state index contributed by atoms with van der Waals surface area (Å²) in [4.78, 5) is 0. The second-order valence-corrected chi connectivity index (χ2v) is 1.80. The van der Waals surface area contributed by atoms with Crippen LogP contribution >= 0.6 is 0 Å². The van der Waals surface area contributed by atoms with Crippen molar-refractivity contribution in [2.24, 2.45) is 5.92 Å². The summed E-state index contributed by atoms with van der Waals surface area (Å²) in [6, 6.07) is 0. The van der Waals surface area contributed by atoms with Crippen molar-refractivity contribution in [3.8, 4) is 0 Å². The summed E-state index contributed by atoms with van der Waals surface area (Å²) >= 11 is 0. The monoisotopic (exact) mass is 352 g/mol. The molecule has 0 aliphatic heterocycles. The summed E-state index contributed by atoms with van der Waals surface area (Å²) in [7, 11) is 0. The summed E-state index contributed by atoms with van der Waals surface area (Å²) < 4.78 is 0. The molecule has 0 aromatic rings. The number of rotatable bonds is 1. The van der Waals surface area contributed by atoms with Crippen molar-refractivity contribution in [3.63, 3.8) is 0 Å². The van der Waals surface area contributed by atoms with Crippen molar-refractivity contribution in [3.05, 3.63) is 22.3 Å². The van der Waals surface area contributed by atoms with Crippen molar-refractivity contribution in [2.45, 2.75) is 27.2 Å². The van der Waals surface area contributed by atoms with Gasteiger partial charge in [-0.1, -0.05) is 27.2 Å². The van der Waals surface area contributed by atoms with E-state index in [0.717, 1.165) is 5.92 Å². The van der Waals surface area contributed by atoms with E-state index in [2.05, 4.69) is 20.8 Å². The topological polar surface area (TPSA) is 0 Å². The normalized spacial score (nSPS) is 4.80. The van der Waals surface area contributed by atoms with Gasteiger partial charge < -0.3 is 22.3 Å². The molecule has 2 heteroatoms. The molecule has 0 heterocycles. The van der Waals surface area contributed by atoms with Gasteiger partial charge in [0.25, 0.3) is 0 Å². The van der Waals surface area contributed by atoms with Crippen molar-refractivity contribution in [1.29, 1.82) is 0 Å². The standard InChI is InChI=1S/C5H12.3CH3.V.W/c1-4-5(2)3;;;;;/h5H,4H2,1-3H3;3*1H3;;/q;3*-1;+2;. The van der Waals surface area contributed by atoms with Crippen LogP contribution in [0.2, 0.25) is 0 Å². The van der Waals surface area contributed by atoms with Crippen LogP contribution in [0.5, 0.6) is 0 Å². The molecule has 1 radical (unpaired) electrons. The smallest absolute Gasteiger partial charge is 0.358 e. The summed E-state index contributed by atoms with van der Waals surface area (Å²) in [6.45, 7) is 6.64. The van der Waals surface area contributed by atoms with E-state index in [1.165, 1.54) is 6.42 Å². The van der Waals surface area contributed by atoms with Crippen LogP contribution in [-0.4, -0.2) is 0 Å². The maximum atomic E-state index is 2.22. The van der Waals surface area contributed by atoms with Crippen LogP contribution in [0.15, 0.2) is 0 Å². The van der Waals surface area contributed by atoms with Crippen LogP contribution in [0, 0.1) is 28.2 Å². The Labute approximate surface area is 94.7 Å². The molecular weight excluding hydrogens is 331 g/mol. The summed E-state index contributed by atoms with van der Waals surface area (Å²) in [5.74, 6) is 0.884.